The van der Waals surface area contributed by atoms with Crippen LogP contribution in [0.5, 0.6) is 0 Å². The molecule has 12 nitrogen and oxygen atoms in total. The number of benzene rings is 2. The SMILES string of the molecule is Cc1cccc(-c2nc(CSc3nnc(C(F)(F)F)n3C)no2)c1.Cc1cccc(-c2nc(CSc3nnc(C(F)(F)F)n3C)no2)c1. The molecular weight excluding hydrogens is 686 g/mol. The standard InChI is InChI=1S/2C14H12F3N5OS/c2*1-8-4-3-5-9(6-8)11-18-10(21-23-11)7-24-13-20-19-12(22(13)2)14(15,16)17/h2*3-6H,7H2,1-2H3. The number of thioether (sulfide) groups is 2. The van der Waals surface area contributed by atoms with Gasteiger partial charge in [-0.1, -0.05) is 69.2 Å². The summed E-state index contributed by atoms with van der Waals surface area (Å²) in [5.74, 6) is -0.178. The maximum atomic E-state index is 12.7. The van der Waals surface area contributed by atoms with Crippen LogP contribution in [0.2, 0.25) is 0 Å². The van der Waals surface area contributed by atoms with Crippen LogP contribution < -0.4 is 0 Å². The fourth-order valence-electron chi connectivity index (χ4n) is 4.05. The highest BCUT2D eigenvalue weighted by molar-refractivity contribution is 7.98. The molecule has 0 N–H and O–H groups in total. The van der Waals surface area contributed by atoms with Crippen molar-refractivity contribution in [3.05, 3.63) is 83.0 Å². The van der Waals surface area contributed by atoms with E-state index in [-0.39, 0.29) is 21.8 Å². The van der Waals surface area contributed by atoms with Crippen molar-refractivity contribution < 1.29 is 35.4 Å². The summed E-state index contributed by atoms with van der Waals surface area (Å²) in [6.45, 7) is 3.89. The number of hydrogen-bond donors (Lipinski definition) is 0. The van der Waals surface area contributed by atoms with Crippen LogP contribution >= 0.6 is 23.5 Å². The fraction of sp³-hybridized carbons (Fsp3) is 0.286. The van der Waals surface area contributed by atoms with Crippen LogP contribution in [0.1, 0.15) is 34.4 Å². The molecule has 0 aliphatic heterocycles. The van der Waals surface area contributed by atoms with Gasteiger partial charge in [-0.05, 0) is 38.1 Å². The van der Waals surface area contributed by atoms with Crippen molar-refractivity contribution in [3.8, 4) is 22.9 Å². The van der Waals surface area contributed by atoms with Crippen molar-refractivity contribution in [3.63, 3.8) is 0 Å². The molecule has 0 bridgehead atoms. The molecule has 0 unspecified atom stereocenters. The van der Waals surface area contributed by atoms with E-state index < -0.39 is 24.0 Å². The Bertz CT molecular complexity index is 1860. The molecule has 0 aliphatic carbocycles. The highest BCUT2D eigenvalue weighted by Gasteiger charge is 2.38. The van der Waals surface area contributed by atoms with Crippen molar-refractivity contribution >= 4 is 23.5 Å². The van der Waals surface area contributed by atoms with Crippen molar-refractivity contribution in [2.75, 3.05) is 0 Å². The lowest BCUT2D eigenvalue weighted by Crippen LogP contribution is -2.12. The molecule has 0 atom stereocenters. The Morgan fingerprint density at radius 3 is 1.35 bits per heavy atom. The zero-order chi connectivity index (χ0) is 34.6. The lowest BCUT2D eigenvalue weighted by Gasteiger charge is -2.05. The smallest absolute Gasteiger partial charge is 0.334 e. The predicted octanol–water partition coefficient (Wildman–Crippen LogP) is 6.97. The average Bonchev–Trinajstić information content (AvgIpc) is 3.82. The number of halogens is 6. The van der Waals surface area contributed by atoms with Gasteiger partial charge < -0.3 is 18.2 Å². The number of aromatic nitrogens is 10. The lowest BCUT2D eigenvalue weighted by atomic mass is 10.1. The lowest BCUT2D eigenvalue weighted by molar-refractivity contribution is -0.148. The summed E-state index contributed by atoms with van der Waals surface area (Å²) < 4.78 is 88.2. The van der Waals surface area contributed by atoms with Crippen LogP contribution in [-0.2, 0) is 38.0 Å². The van der Waals surface area contributed by atoms with Gasteiger partial charge >= 0.3 is 12.4 Å². The third kappa shape index (κ3) is 8.40. The van der Waals surface area contributed by atoms with E-state index in [0.717, 1.165) is 54.9 Å². The molecule has 0 saturated carbocycles. The monoisotopic (exact) mass is 710 g/mol. The second kappa shape index (κ2) is 14.2. The van der Waals surface area contributed by atoms with Gasteiger partial charge in [0.05, 0.1) is 11.5 Å². The van der Waals surface area contributed by atoms with E-state index >= 15 is 0 Å². The molecule has 252 valence electrons. The molecule has 6 rings (SSSR count). The van der Waals surface area contributed by atoms with Crippen molar-refractivity contribution in [2.45, 2.75) is 48.0 Å². The first-order valence-corrected chi connectivity index (χ1v) is 15.6. The minimum Gasteiger partial charge on any atom is -0.334 e. The summed E-state index contributed by atoms with van der Waals surface area (Å²) in [7, 11) is 2.53. The van der Waals surface area contributed by atoms with E-state index in [4.69, 9.17) is 9.05 Å². The Hall–Kier alpha value is -4.72. The van der Waals surface area contributed by atoms with Crippen LogP contribution in [0.4, 0.5) is 26.3 Å². The molecule has 48 heavy (non-hydrogen) atoms. The van der Waals surface area contributed by atoms with E-state index in [0.29, 0.717) is 23.4 Å². The van der Waals surface area contributed by atoms with Gasteiger partial charge in [0.2, 0.25) is 11.6 Å². The largest absolute Gasteiger partial charge is 0.451 e. The van der Waals surface area contributed by atoms with E-state index in [1.165, 1.54) is 14.1 Å². The van der Waals surface area contributed by atoms with Gasteiger partial charge in [0.15, 0.2) is 22.0 Å². The van der Waals surface area contributed by atoms with E-state index in [1.807, 2.05) is 62.4 Å². The van der Waals surface area contributed by atoms with Crippen molar-refractivity contribution in [1.82, 2.24) is 49.8 Å². The predicted molar refractivity (Wildman–Crippen MR) is 160 cm³/mol. The first-order chi connectivity index (χ1) is 22.7. The summed E-state index contributed by atoms with van der Waals surface area (Å²) >= 11 is 2.11. The maximum absolute atomic E-state index is 12.7. The summed E-state index contributed by atoms with van der Waals surface area (Å²) in [5, 5.41) is 21.3. The molecule has 0 aliphatic rings. The number of rotatable bonds is 8. The van der Waals surface area contributed by atoms with Gasteiger partial charge in [-0.25, -0.2) is 0 Å². The number of nitrogens with zero attached hydrogens (tertiary/aromatic N) is 10. The molecule has 20 heteroatoms. The maximum Gasteiger partial charge on any atom is 0.451 e. The minimum absolute atomic E-state index is 0.129. The Morgan fingerprint density at radius 1 is 0.625 bits per heavy atom. The van der Waals surface area contributed by atoms with Gasteiger partial charge in [-0.2, -0.15) is 36.3 Å². The Kier molecular flexibility index (Phi) is 10.2. The topological polar surface area (TPSA) is 139 Å². The fourth-order valence-corrected chi connectivity index (χ4v) is 5.56. The quantitative estimate of drug-likeness (QED) is 0.119. The van der Waals surface area contributed by atoms with E-state index in [2.05, 4.69) is 40.7 Å². The Labute approximate surface area is 276 Å². The molecule has 0 spiro atoms. The zero-order valence-corrected chi connectivity index (χ0v) is 27.0. The molecule has 0 amide bonds. The van der Waals surface area contributed by atoms with Gasteiger partial charge in [0.25, 0.3) is 11.8 Å². The molecule has 0 saturated heterocycles. The summed E-state index contributed by atoms with van der Waals surface area (Å²) in [6, 6.07) is 15.1. The molecule has 4 heterocycles. The highest BCUT2D eigenvalue weighted by Crippen LogP contribution is 2.32. The summed E-state index contributed by atoms with van der Waals surface area (Å²) in [5.41, 5.74) is 3.69. The second-order valence-electron chi connectivity index (χ2n) is 10.1. The average molecular weight is 711 g/mol. The third-order valence-electron chi connectivity index (χ3n) is 6.30. The van der Waals surface area contributed by atoms with E-state index in [1.54, 1.807) is 0 Å². The first kappa shape index (κ1) is 34.6. The molecular formula is C28H24F6N10O2S2. The summed E-state index contributed by atoms with van der Waals surface area (Å²) in [6.07, 6.45) is -9.07. The second-order valence-corrected chi connectivity index (χ2v) is 12.0. The number of hydrogen-bond acceptors (Lipinski definition) is 12. The number of aryl methyl sites for hydroxylation is 2. The Balaban J connectivity index is 0.000000188. The van der Waals surface area contributed by atoms with Crippen LogP contribution in [-0.4, -0.2) is 49.8 Å². The number of alkyl halides is 6. The molecule has 4 aromatic heterocycles. The molecule has 6 aromatic rings. The minimum atomic E-state index is -4.54. The van der Waals surface area contributed by atoms with Gasteiger partial charge in [0.1, 0.15) is 0 Å². The van der Waals surface area contributed by atoms with Crippen LogP contribution in [0.15, 0.2) is 67.9 Å². The molecule has 0 radical (unpaired) electrons. The van der Waals surface area contributed by atoms with E-state index in [9.17, 15) is 26.3 Å². The third-order valence-corrected chi connectivity index (χ3v) is 8.34. The van der Waals surface area contributed by atoms with Crippen LogP contribution in [0, 0.1) is 13.8 Å². The van der Waals surface area contributed by atoms with Gasteiger partial charge in [-0.15, -0.1) is 20.4 Å². The zero-order valence-electron chi connectivity index (χ0n) is 25.4. The molecule has 0 fully saturated rings. The first-order valence-electron chi connectivity index (χ1n) is 13.7. The van der Waals surface area contributed by atoms with Crippen molar-refractivity contribution in [2.24, 2.45) is 14.1 Å². The Morgan fingerprint density at radius 2 is 1.02 bits per heavy atom. The highest BCUT2D eigenvalue weighted by atomic mass is 32.2. The summed E-state index contributed by atoms with van der Waals surface area (Å²) in [4.78, 5) is 8.49. The van der Waals surface area contributed by atoms with Crippen LogP contribution in [0.25, 0.3) is 22.9 Å². The van der Waals surface area contributed by atoms with Crippen molar-refractivity contribution in [1.29, 1.82) is 0 Å². The molecule has 2 aromatic carbocycles. The van der Waals surface area contributed by atoms with Gasteiger partial charge in [-0.3, -0.25) is 0 Å². The van der Waals surface area contributed by atoms with Gasteiger partial charge in [0, 0.05) is 25.2 Å². The van der Waals surface area contributed by atoms with Crippen LogP contribution in [0.3, 0.4) is 0 Å². The normalized spacial score (nSPS) is 11.9.